The van der Waals surface area contributed by atoms with Gasteiger partial charge < -0.3 is 15.0 Å². The highest BCUT2D eigenvalue weighted by atomic mass is 16.5. The lowest BCUT2D eigenvalue weighted by Crippen LogP contribution is -2.39. The quantitative estimate of drug-likeness (QED) is 0.621. The van der Waals surface area contributed by atoms with Crippen LogP contribution >= 0.6 is 0 Å². The fourth-order valence-corrected chi connectivity index (χ4v) is 1.99. The van der Waals surface area contributed by atoms with Gasteiger partial charge in [-0.1, -0.05) is 20.3 Å². The van der Waals surface area contributed by atoms with E-state index in [1.54, 1.807) is 0 Å². The van der Waals surface area contributed by atoms with Gasteiger partial charge in [0.05, 0.1) is 12.6 Å². The summed E-state index contributed by atoms with van der Waals surface area (Å²) in [4.78, 5) is 13.9. The van der Waals surface area contributed by atoms with Gasteiger partial charge in [0.1, 0.15) is 0 Å². The zero-order valence-electron chi connectivity index (χ0n) is 11.2. The molecule has 0 saturated carbocycles. The highest BCUT2D eigenvalue weighted by Gasteiger charge is 2.30. The molecule has 0 aliphatic carbocycles. The maximum Gasteiger partial charge on any atom is 0.239 e. The maximum atomic E-state index is 11.9. The van der Waals surface area contributed by atoms with E-state index in [1.165, 1.54) is 0 Å². The normalized spacial score (nSPS) is 20.2. The first-order chi connectivity index (χ1) is 8.29. The molecule has 1 fully saturated rings. The second-order valence-corrected chi connectivity index (χ2v) is 4.59. The summed E-state index contributed by atoms with van der Waals surface area (Å²) in [5.74, 6) is 0.248. The lowest BCUT2D eigenvalue weighted by molar-refractivity contribution is -0.130. The van der Waals surface area contributed by atoms with Gasteiger partial charge in [-0.2, -0.15) is 0 Å². The van der Waals surface area contributed by atoms with Crippen LogP contribution in [0.25, 0.3) is 0 Å². The van der Waals surface area contributed by atoms with Crippen molar-refractivity contribution in [3.63, 3.8) is 0 Å². The third-order valence-corrected chi connectivity index (χ3v) is 3.09. The smallest absolute Gasteiger partial charge is 0.239 e. The number of rotatable bonds is 9. The molecule has 17 heavy (non-hydrogen) atoms. The molecule has 1 aliphatic heterocycles. The molecular formula is C13H26N2O2. The second-order valence-electron chi connectivity index (χ2n) is 4.59. The number of carbonyl (C=O) groups is 1. The maximum absolute atomic E-state index is 11.9. The van der Waals surface area contributed by atoms with Crippen molar-refractivity contribution in [3.05, 3.63) is 0 Å². The number of hydrogen-bond donors (Lipinski definition) is 1. The molecule has 1 atom stereocenters. The van der Waals surface area contributed by atoms with E-state index in [-0.39, 0.29) is 11.9 Å². The molecule has 1 unspecified atom stereocenters. The van der Waals surface area contributed by atoms with Crippen LogP contribution < -0.4 is 5.32 Å². The number of likely N-dealkylation sites (tertiary alicyclic amines) is 1. The molecule has 1 saturated heterocycles. The van der Waals surface area contributed by atoms with E-state index in [4.69, 9.17) is 4.74 Å². The van der Waals surface area contributed by atoms with Crippen LogP contribution in [0.2, 0.25) is 0 Å². The molecule has 0 aromatic heterocycles. The highest BCUT2D eigenvalue weighted by Crippen LogP contribution is 2.10. The van der Waals surface area contributed by atoms with E-state index in [9.17, 15) is 4.79 Å². The molecule has 0 bridgehead atoms. The van der Waals surface area contributed by atoms with Crippen LogP contribution in [0.5, 0.6) is 0 Å². The third kappa shape index (κ3) is 5.04. The summed E-state index contributed by atoms with van der Waals surface area (Å²) in [6.07, 6.45) is 4.28. The lowest BCUT2D eigenvalue weighted by atomic mass is 10.2. The molecule has 0 aromatic carbocycles. The second kappa shape index (κ2) is 8.48. The van der Waals surface area contributed by atoms with Crippen LogP contribution in [0, 0.1) is 0 Å². The van der Waals surface area contributed by atoms with Gasteiger partial charge in [0, 0.05) is 19.7 Å². The Morgan fingerprint density at radius 3 is 2.88 bits per heavy atom. The molecule has 1 amide bonds. The Hall–Kier alpha value is -0.610. The number of nitrogens with one attached hydrogen (secondary N) is 1. The molecule has 4 nitrogen and oxygen atoms in total. The number of hydrogen-bond acceptors (Lipinski definition) is 3. The predicted octanol–water partition coefficient (Wildman–Crippen LogP) is 1.40. The van der Waals surface area contributed by atoms with Gasteiger partial charge >= 0.3 is 0 Å². The number of ether oxygens (including phenoxy) is 1. The summed E-state index contributed by atoms with van der Waals surface area (Å²) in [7, 11) is 0. The first kappa shape index (κ1) is 14.5. The van der Waals surface area contributed by atoms with E-state index < -0.39 is 0 Å². The fraction of sp³-hybridized carbons (Fsp3) is 0.923. The van der Waals surface area contributed by atoms with Crippen molar-refractivity contribution in [1.29, 1.82) is 0 Å². The summed E-state index contributed by atoms with van der Waals surface area (Å²) in [6, 6.07) is 0.0468. The monoisotopic (exact) mass is 242 g/mol. The Kier molecular flexibility index (Phi) is 7.21. The lowest BCUT2D eigenvalue weighted by Gasteiger charge is -2.17. The van der Waals surface area contributed by atoms with Crippen LogP contribution in [0.4, 0.5) is 0 Å². The van der Waals surface area contributed by atoms with E-state index in [0.717, 1.165) is 51.9 Å². The van der Waals surface area contributed by atoms with Gasteiger partial charge in [0.15, 0.2) is 0 Å². The van der Waals surface area contributed by atoms with Crippen molar-refractivity contribution in [2.75, 3.05) is 32.8 Å². The summed E-state index contributed by atoms with van der Waals surface area (Å²) < 4.78 is 5.49. The Labute approximate surface area is 105 Å². The Morgan fingerprint density at radius 1 is 1.35 bits per heavy atom. The summed E-state index contributed by atoms with van der Waals surface area (Å²) in [6.45, 7) is 8.30. The van der Waals surface area contributed by atoms with Crippen molar-refractivity contribution in [3.8, 4) is 0 Å². The van der Waals surface area contributed by atoms with Crippen LogP contribution in [0.3, 0.4) is 0 Å². The van der Waals surface area contributed by atoms with Gasteiger partial charge in [-0.15, -0.1) is 0 Å². The molecule has 4 heteroatoms. The van der Waals surface area contributed by atoms with Crippen LogP contribution in [-0.2, 0) is 9.53 Å². The molecule has 100 valence electrons. The minimum absolute atomic E-state index is 0.0468. The SMILES string of the molecule is CCCCOCCN1CCC(NCCC)C1=O. The van der Waals surface area contributed by atoms with E-state index in [1.807, 2.05) is 4.90 Å². The largest absolute Gasteiger partial charge is 0.380 e. The zero-order valence-corrected chi connectivity index (χ0v) is 11.2. The van der Waals surface area contributed by atoms with Crippen LogP contribution in [-0.4, -0.2) is 49.7 Å². The van der Waals surface area contributed by atoms with E-state index in [0.29, 0.717) is 6.61 Å². The predicted molar refractivity (Wildman–Crippen MR) is 69.0 cm³/mol. The van der Waals surface area contributed by atoms with Crippen molar-refractivity contribution in [2.24, 2.45) is 0 Å². The van der Waals surface area contributed by atoms with Crippen LogP contribution in [0.1, 0.15) is 39.5 Å². The van der Waals surface area contributed by atoms with Gasteiger partial charge in [-0.3, -0.25) is 4.79 Å². The number of unbranched alkanes of at least 4 members (excludes halogenated alkanes) is 1. The molecule has 1 rings (SSSR count). The minimum Gasteiger partial charge on any atom is -0.380 e. The summed E-state index contributed by atoms with van der Waals surface area (Å²) in [5.41, 5.74) is 0. The number of amides is 1. The highest BCUT2D eigenvalue weighted by molar-refractivity contribution is 5.83. The van der Waals surface area contributed by atoms with Gasteiger partial charge in [-0.25, -0.2) is 0 Å². The summed E-state index contributed by atoms with van der Waals surface area (Å²) >= 11 is 0. The topological polar surface area (TPSA) is 41.6 Å². The Morgan fingerprint density at radius 2 is 2.18 bits per heavy atom. The molecular weight excluding hydrogens is 216 g/mol. The van der Waals surface area contributed by atoms with Crippen molar-refractivity contribution >= 4 is 5.91 Å². The van der Waals surface area contributed by atoms with Gasteiger partial charge in [-0.05, 0) is 25.8 Å². The van der Waals surface area contributed by atoms with Gasteiger partial charge in [0.25, 0.3) is 0 Å². The van der Waals surface area contributed by atoms with Gasteiger partial charge in [0.2, 0.25) is 5.91 Å². The van der Waals surface area contributed by atoms with Crippen molar-refractivity contribution in [1.82, 2.24) is 10.2 Å². The molecule has 0 radical (unpaired) electrons. The standard InChI is InChI=1S/C13H26N2O2/c1-3-5-10-17-11-9-15-8-6-12(13(15)16)14-7-4-2/h12,14H,3-11H2,1-2H3. The third-order valence-electron chi connectivity index (χ3n) is 3.09. The zero-order chi connectivity index (χ0) is 12.5. The molecule has 0 spiro atoms. The number of carbonyl (C=O) groups excluding carboxylic acids is 1. The molecule has 1 aliphatic rings. The fourth-order valence-electron chi connectivity index (χ4n) is 1.99. The average Bonchev–Trinajstić information content (AvgIpc) is 2.68. The van der Waals surface area contributed by atoms with E-state index >= 15 is 0 Å². The first-order valence-electron chi connectivity index (χ1n) is 6.89. The molecule has 1 heterocycles. The minimum atomic E-state index is 0.0468. The summed E-state index contributed by atoms with van der Waals surface area (Å²) in [5, 5.41) is 3.29. The van der Waals surface area contributed by atoms with Crippen molar-refractivity contribution < 1.29 is 9.53 Å². The number of nitrogens with zero attached hydrogens (tertiary/aromatic N) is 1. The average molecular weight is 242 g/mol. The Bertz CT molecular complexity index is 221. The van der Waals surface area contributed by atoms with Crippen LogP contribution in [0.15, 0.2) is 0 Å². The molecule has 0 aromatic rings. The Balaban J connectivity index is 2.12. The molecule has 1 N–H and O–H groups in total. The first-order valence-corrected chi connectivity index (χ1v) is 6.89. The van der Waals surface area contributed by atoms with E-state index in [2.05, 4.69) is 19.2 Å². The van der Waals surface area contributed by atoms with Crippen molar-refractivity contribution in [2.45, 2.75) is 45.6 Å².